The maximum atomic E-state index is 5.52. The molecule has 0 atom stereocenters. The molecule has 0 spiro atoms. The van der Waals surface area contributed by atoms with Gasteiger partial charge in [-0.25, -0.2) is 0 Å². The first kappa shape index (κ1) is 12.1. The molecule has 1 aromatic carbocycles. The highest BCUT2D eigenvalue weighted by Gasteiger charge is 2.20. The number of benzene rings is 1. The molecule has 0 aliphatic rings. The van der Waals surface area contributed by atoms with Gasteiger partial charge < -0.3 is 10.1 Å². The van der Waals surface area contributed by atoms with Crippen molar-refractivity contribution in [2.24, 2.45) is 0 Å². The summed E-state index contributed by atoms with van der Waals surface area (Å²) in [6.45, 7) is 7.45. The molecule has 0 radical (unpaired) electrons. The van der Waals surface area contributed by atoms with Crippen molar-refractivity contribution in [2.75, 3.05) is 14.2 Å². The number of methoxy groups -OCH3 is 1. The second-order valence-electron chi connectivity index (χ2n) is 4.78. The topological polar surface area (TPSA) is 21.3 Å². The molecule has 0 aromatic heterocycles. The van der Waals surface area contributed by atoms with Crippen LogP contribution in [0.5, 0.6) is 5.75 Å². The predicted octanol–water partition coefficient (Wildman–Crippen LogP) is 2.71. The largest absolute Gasteiger partial charge is 0.496 e. The van der Waals surface area contributed by atoms with E-state index in [-0.39, 0.29) is 5.41 Å². The van der Waals surface area contributed by atoms with Crippen LogP contribution in [0.1, 0.15) is 31.9 Å². The Morgan fingerprint density at radius 3 is 2.40 bits per heavy atom. The Morgan fingerprint density at radius 1 is 1.27 bits per heavy atom. The maximum absolute atomic E-state index is 5.52. The van der Waals surface area contributed by atoms with Crippen molar-refractivity contribution >= 4 is 0 Å². The SMILES string of the molecule is CNCc1cccc(C(C)(C)C)c1OC. The van der Waals surface area contributed by atoms with E-state index >= 15 is 0 Å². The standard InChI is InChI=1S/C13H21NO/c1-13(2,3)11-8-6-7-10(9-14-4)12(11)15-5/h6-8,14H,9H2,1-5H3. The number of ether oxygens (including phenoxy) is 1. The van der Waals surface area contributed by atoms with Gasteiger partial charge in [-0.15, -0.1) is 0 Å². The van der Waals surface area contributed by atoms with Crippen molar-refractivity contribution in [3.8, 4) is 5.75 Å². The molecule has 0 saturated heterocycles. The number of hydrogen-bond donors (Lipinski definition) is 1. The van der Waals surface area contributed by atoms with E-state index in [9.17, 15) is 0 Å². The van der Waals surface area contributed by atoms with Gasteiger partial charge in [-0.1, -0.05) is 39.0 Å². The summed E-state index contributed by atoms with van der Waals surface area (Å²) in [7, 11) is 3.69. The van der Waals surface area contributed by atoms with Crippen molar-refractivity contribution in [1.29, 1.82) is 0 Å². The second kappa shape index (κ2) is 4.67. The third-order valence-corrected chi connectivity index (χ3v) is 2.48. The van der Waals surface area contributed by atoms with Gasteiger partial charge in [0.15, 0.2) is 0 Å². The van der Waals surface area contributed by atoms with Crippen LogP contribution in [0.15, 0.2) is 18.2 Å². The lowest BCUT2D eigenvalue weighted by molar-refractivity contribution is 0.391. The molecule has 0 fully saturated rings. The third-order valence-electron chi connectivity index (χ3n) is 2.48. The zero-order valence-corrected chi connectivity index (χ0v) is 10.3. The van der Waals surface area contributed by atoms with Gasteiger partial charge in [0.2, 0.25) is 0 Å². The van der Waals surface area contributed by atoms with Gasteiger partial charge >= 0.3 is 0 Å². The lowest BCUT2D eigenvalue weighted by atomic mass is 9.85. The zero-order chi connectivity index (χ0) is 11.5. The molecule has 15 heavy (non-hydrogen) atoms. The second-order valence-corrected chi connectivity index (χ2v) is 4.78. The van der Waals surface area contributed by atoms with Gasteiger partial charge in [-0.3, -0.25) is 0 Å². The first-order valence-corrected chi connectivity index (χ1v) is 5.31. The molecule has 0 bridgehead atoms. The maximum Gasteiger partial charge on any atom is 0.127 e. The molecule has 2 nitrogen and oxygen atoms in total. The number of para-hydroxylation sites is 1. The van der Waals surface area contributed by atoms with Crippen LogP contribution in [0.3, 0.4) is 0 Å². The molecule has 2 heteroatoms. The van der Waals surface area contributed by atoms with Crippen LogP contribution in [-0.2, 0) is 12.0 Å². The van der Waals surface area contributed by atoms with Gasteiger partial charge in [0, 0.05) is 12.1 Å². The van der Waals surface area contributed by atoms with Crippen molar-refractivity contribution in [1.82, 2.24) is 5.32 Å². The van der Waals surface area contributed by atoms with E-state index < -0.39 is 0 Å². The van der Waals surface area contributed by atoms with Crippen LogP contribution in [0, 0.1) is 0 Å². The molecule has 1 rings (SSSR count). The van der Waals surface area contributed by atoms with E-state index in [0.29, 0.717) is 0 Å². The molecule has 0 heterocycles. The van der Waals surface area contributed by atoms with Crippen LogP contribution in [0.2, 0.25) is 0 Å². The highest BCUT2D eigenvalue weighted by Crippen LogP contribution is 2.33. The summed E-state index contributed by atoms with van der Waals surface area (Å²) in [5.41, 5.74) is 2.60. The van der Waals surface area contributed by atoms with Gasteiger partial charge in [0.1, 0.15) is 5.75 Å². The Kier molecular flexibility index (Phi) is 3.75. The average molecular weight is 207 g/mol. The molecule has 0 aliphatic carbocycles. The molecule has 1 N–H and O–H groups in total. The van der Waals surface area contributed by atoms with Gasteiger partial charge in [-0.2, -0.15) is 0 Å². The van der Waals surface area contributed by atoms with Crippen molar-refractivity contribution in [2.45, 2.75) is 32.7 Å². The summed E-state index contributed by atoms with van der Waals surface area (Å²) < 4.78 is 5.52. The fourth-order valence-electron chi connectivity index (χ4n) is 1.75. The lowest BCUT2D eigenvalue weighted by Gasteiger charge is -2.23. The number of hydrogen-bond acceptors (Lipinski definition) is 2. The Bertz CT molecular complexity index is 326. The normalized spacial score (nSPS) is 11.5. The summed E-state index contributed by atoms with van der Waals surface area (Å²) in [6.07, 6.45) is 0. The van der Waals surface area contributed by atoms with E-state index in [0.717, 1.165) is 12.3 Å². The monoisotopic (exact) mass is 207 g/mol. The smallest absolute Gasteiger partial charge is 0.127 e. The highest BCUT2D eigenvalue weighted by atomic mass is 16.5. The van der Waals surface area contributed by atoms with E-state index in [1.54, 1.807) is 7.11 Å². The Hall–Kier alpha value is -1.02. The van der Waals surface area contributed by atoms with Crippen molar-refractivity contribution in [3.63, 3.8) is 0 Å². The average Bonchev–Trinajstić information content (AvgIpc) is 2.16. The Balaban J connectivity index is 3.22. The number of rotatable bonds is 3. The van der Waals surface area contributed by atoms with Crippen LogP contribution >= 0.6 is 0 Å². The van der Waals surface area contributed by atoms with Crippen LogP contribution in [0.25, 0.3) is 0 Å². The van der Waals surface area contributed by atoms with E-state index in [1.807, 2.05) is 7.05 Å². The van der Waals surface area contributed by atoms with E-state index in [1.165, 1.54) is 11.1 Å². The Labute approximate surface area is 92.6 Å². The van der Waals surface area contributed by atoms with E-state index in [2.05, 4.69) is 44.3 Å². The zero-order valence-electron chi connectivity index (χ0n) is 10.3. The first-order chi connectivity index (χ1) is 7.00. The minimum absolute atomic E-state index is 0.120. The number of nitrogens with one attached hydrogen (secondary N) is 1. The fraction of sp³-hybridized carbons (Fsp3) is 0.538. The van der Waals surface area contributed by atoms with Gasteiger partial charge in [0.05, 0.1) is 7.11 Å². The fourth-order valence-corrected chi connectivity index (χ4v) is 1.75. The summed E-state index contributed by atoms with van der Waals surface area (Å²) in [6, 6.07) is 6.33. The summed E-state index contributed by atoms with van der Waals surface area (Å²) in [4.78, 5) is 0. The van der Waals surface area contributed by atoms with Crippen LogP contribution < -0.4 is 10.1 Å². The lowest BCUT2D eigenvalue weighted by Crippen LogP contribution is -2.15. The van der Waals surface area contributed by atoms with Crippen LogP contribution in [0.4, 0.5) is 0 Å². The summed E-state index contributed by atoms with van der Waals surface area (Å²) in [5.74, 6) is 1.01. The van der Waals surface area contributed by atoms with E-state index in [4.69, 9.17) is 4.74 Å². The van der Waals surface area contributed by atoms with Gasteiger partial charge in [0.25, 0.3) is 0 Å². The predicted molar refractivity (Wildman–Crippen MR) is 64.5 cm³/mol. The Morgan fingerprint density at radius 2 is 1.93 bits per heavy atom. The first-order valence-electron chi connectivity index (χ1n) is 5.31. The minimum Gasteiger partial charge on any atom is -0.496 e. The molecule has 0 amide bonds. The highest BCUT2D eigenvalue weighted by molar-refractivity contribution is 5.45. The molecular weight excluding hydrogens is 186 g/mol. The molecule has 84 valence electrons. The molecule has 0 unspecified atom stereocenters. The molecule has 0 saturated carbocycles. The summed E-state index contributed by atoms with van der Waals surface area (Å²) >= 11 is 0. The third kappa shape index (κ3) is 2.72. The molecule has 1 aromatic rings. The van der Waals surface area contributed by atoms with Crippen LogP contribution in [-0.4, -0.2) is 14.2 Å². The molecule has 0 aliphatic heterocycles. The minimum atomic E-state index is 0.120. The van der Waals surface area contributed by atoms with Crippen molar-refractivity contribution < 1.29 is 4.74 Å². The molecular formula is C13H21NO. The summed E-state index contributed by atoms with van der Waals surface area (Å²) in [5, 5.41) is 3.16. The van der Waals surface area contributed by atoms with Crippen molar-refractivity contribution in [3.05, 3.63) is 29.3 Å². The van der Waals surface area contributed by atoms with Gasteiger partial charge in [-0.05, 0) is 18.0 Å². The quantitative estimate of drug-likeness (QED) is 0.823.